The number of amides is 1. The molecule has 7 nitrogen and oxygen atoms in total. The number of aliphatic hydroxyl groups is 2. The molecule has 0 aliphatic carbocycles. The molecule has 0 heterocycles. The Labute approximate surface area is 323 Å². The van der Waals surface area contributed by atoms with Crippen LogP contribution in [0.25, 0.3) is 0 Å². The van der Waals surface area contributed by atoms with Crippen LogP contribution in [0.1, 0.15) is 239 Å². The Morgan fingerprint density at radius 2 is 0.827 bits per heavy atom. The summed E-state index contributed by atoms with van der Waals surface area (Å²) >= 11 is 0. The number of carbonyl (C=O) groups is 1. The predicted octanol–water partition coefficient (Wildman–Crippen LogP) is 12.3. The van der Waals surface area contributed by atoms with E-state index in [1.54, 1.807) is 0 Å². The van der Waals surface area contributed by atoms with E-state index in [1.165, 1.54) is 179 Å². The van der Waals surface area contributed by atoms with Gasteiger partial charge in [0.05, 0.1) is 17.9 Å². The first-order valence-corrected chi connectivity index (χ1v) is 24.1. The van der Waals surface area contributed by atoms with E-state index in [1.807, 2.05) is 6.08 Å². The summed E-state index contributed by atoms with van der Waals surface area (Å²) in [6.45, 7) is 4.53. The second kappa shape index (κ2) is 38.3. The van der Waals surface area contributed by atoms with Crippen molar-refractivity contribution in [2.45, 2.75) is 257 Å². The van der Waals surface area contributed by atoms with E-state index in [0.717, 1.165) is 38.5 Å². The average Bonchev–Trinajstić information content (AvgIpc) is 3.11. The van der Waals surface area contributed by atoms with Crippen molar-refractivity contribution < 1.29 is 28.0 Å². The van der Waals surface area contributed by atoms with Crippen molar-refractivity contribution >= 4 is 16.0 Å². The molecule has 0 saturated heterocycles. The summed E-state index contributed by atoms with van der Waals surface area (Å²) in [6.07, 6.45) is 44.1. The third kappa shape index (κ3) is 37.4. The molecule has 0 fully saturated rings. The predicted molar refractivity (Wildman–Crippen MR) is 222 cm³/mol. The molecule has 0 spiro atoms. The lowest BCUT2D eigenvalue weighted by Gasteiger charge is -2.22. The first kappa shape index (κ1) is 51.0. The number of allylic oxidation sites excluding steroid dienone is 1. The first-order valence-electron chi connectivity index (χ1n) is 22.5. The minimum atomic E-state index is -4.44. The highest BCUT2D eigenvalue weighted by atomic mass is 32.2. The van der Waals surface area contributed by atoms with Gasteiger partial charge in [0.15, 0.2) is 0 Å². The van der Waals surface area contributed by atoms with Gasteiger partial charge >= 0.3 is 0 Å². The molecule has 0 aliphatic rings. The molecule has 0 rings (SSSR count). The van der Waals surface area contributed by atoms with Crippen LogP contribution in [0.15, 0.2) is 12.2 Å². The van der Waals surface area contributed by atoms with Gasteiger partial charge in [-0.25, -0.2) is 0 Å². The normalized spacial score (nSPS) is 13.9. The molecule has 52 heavy (non-hydrogen) atoms. The number of unbranched alkanes of at least 4 members (excludes halogenated alkanes) is 32. The van der Waals surface area contributed by atoms with E-state index in [-0.39, 0.29) is 6.42 Å². The summed E-state index contributed by atoms with van der Waals surface area (Å²) < 4.78 is 32.6. The molecule has 0 aromatic carbocycles. The van der Waals surface area contributed by atoms with Crippen LogP contribution in [0.3, 0.4) is 0 Å². The Morgan fingerprint density at radius 3 is 1.15 bits per heavy atom. The molecule has 0 bridgehead atoms. The van der Waals surface area contributed by atoms with E-state index in [2.05, 4.69) is 19.2 Å². The van der Waals surface area contributed by atoms with Gasteiger partial charge in [-0.1, -0.05) is 231 Å². The Balaban J connectivity index is 3.96. The summed E-state index contributed by atoms with van der Waals surface area (Å²) in [5, 5.41) is 23.5. The fourth-order valence-corrected chi connectivity index (χ4v) is 7.84. The third-order valence-corrected chi connectivity index (χ3v) is 11.4. The van der Waals surface area contributed by atoms with Gasteiger partial charge in [0, 0.05) is 0 Å². The second-order valence-electron chi connectivity index (χ2n) is 15.8. The van der Waals surface area contributed by atoms with Crippen LogP contribution in [0, 0.1) is 0 Å². The number of rotatable bonds is 41. The fourth-order valence-electron chi connectivity index (χ4n) is 7.11. The van der Waals surface area contributed by atoms with E-state index in [4.69, 9.17) is 0 Å². The van der Waals surface area contributed by atoms with Crippen LogP contribution >= 0.6 is 0 Å². The monoisotopic (exact) mass is 758 g/mol. The maximum absolute atomic E-state index is 12.6. The van der Waals surface area contributed by atoms with Crippen molar-refractivity contribution in [2.75, 3.05) is 5.75 Å². The summed E-state index contributed by atoms with van der Waals surface area (Å²) in [5.41, 5.74) is 0. The largest absolute Gasteiger partial charge is 0.387 e. The summed E-state index contributed by atoms with van der Waals surface area (Å²) in [6, 6.07) is -1.23. The minimum Gasteiger partial charge on any atom is -0.387 e. The Hall–Kier alpha value is -0.960. The summed E-state index contributed by atoms with van der Waals surface area (Å²) in [5.74, 6) is -1.52. The molecule has 1 amide bonds. The van der Waals surface area contributed by atoms with Crippen LogP contribution in [0.4, 0.5) is 0 Å². The molecular weight excluding hydrogens is 671 g/mol. The summed E-state index contributed by atoms with van der Waals surface area (Å²) in [4.78, 5) is 12.6. The molecule has 4 N–H and O–H groups in total. The second-order valence-corrected chi connectivity index (χ2v) is 17.3. The van der Waals surface area contributed by atoms with Gasteiger partial charge in [-0.2, -0.15) is 8.42 Å². The Morgan fingerprint density at radius 1 is 0.519 bits per heavy atom. The zero-order valence-corrected chi connectivity index (χ0v) is 35.1. The molecular formula is C44H87NO6S. The fraction of sp³-hybridized carbons (Fsp3) is 0.932. The molecule has 0 aliphatic heterocycles. The van der Waals surface area contributed by atoms with Gasteiger partial charge < -0.3 is 15.5 Å². The lowest BCUT2D eigenvalue weighted by molar-refractivity contribution is -0.130. The van der Waals surface area contributed by atoms with Gasteiger partial charge in [0.25, 0.3) is 10.1 Å². The van der Waals surface area contributed by atoms with Crippen molar-refractivity contribution in [2.24, 2.45) is 0 Å². The maximum atomic E-state index is 12.6. The Kier molecular flexibility index (Phi) is 37.6. The van der Waals surface area contributed by atoms with Crippen molar-refractivity contribution in [3.05, 3.63) is 12.2 Å². The van der Waals surface area contributed by atoms with E-state index in [9.17, 15) is 28.0 Å². The van der Waals surface area contributed by atoms with Crippen LogP contribution in [0.5, 0.6) is 0 Å². The zero-order chi connectivity index (χ0) is 38.4. The number of hydrogen-bond donors (Lipinski definition) is 4. The highest BCUT2D eigenvalue weighted by Gasteiger charge is 2.27. The molecule has 8 heteroatoms. The number of aliphatic hydroxyl groups excluding tert-OH is 2. The lowest BCUT2D eigenvalue weighted by atomic mass is 10.0. The van der Waals surface area contributed by atoms with Gasteiger partial charge in [0.1, 0.15) is 6.10 Å². The van der Waals surface area contributed by atoms with Gasteiger partial charge in [-0.3, -0.25) is 9.35 Å². The van der Waals surface area contributed by atoms with Crippen LogP contribution in [-0.2, 0) is 14.9 Å². The third-order valence-electron chi connectivity index (χ3n) is 10.6. The average molecular weight is 758 g/mol. The molecule has 0 aromatic rings. The molecule has 0 aromatic heterocycles. The zero-order valence-electron chi connectivity index (χ0n) is 34.3. The van der Waals surface area contributed by atoms with Crippen molar-refractivity contribution in [1.29, 1.82) is 0 Å². The molecule has 310 valence electrons. The lowest BCUT2D eigenvalue weighted by Crippen LogP contribution is -2.50. The van der Waals surface area contributed by atoms with Gasteiger partial charge in [0.2, 0.25) is 5.91 Å². The highest BCUT2D eigenvalue weighted by molar-refractivity contribution is 7.85. The first-order chi connectivity index (χ1) is 25.2. The van der Waals surface area contributed by atoms with E-state index in [0.29, 0.717) is 6.42 Å². The van der Waals surface area contributed by atoms with Gasteiger partial charge in [-0.15, -0.1) is 0 Å². The van der Waals surface area contributed by atoms with E-state index >= 15 is 0 Å². The Bertz CT molecular complexity index is 895. The van der Waals surface area contributed by atoms with Crippen molar-refractivity contribution in [3.63, 3.8) is 0 Å². The minimum absolute atomic E-state index is 0.286. The quantitative estimate of drug-likeness (QED) is 0.0280. The topological polar surface area (TPSA) is 124 Å². The molecule has 0 saturated carbocycles. The molecule has 0 radical (unpaired) electrons. The van der Waals surface area contributed by atoms with Crippen molar-refractivity contribution in [3.8, 4) is 0 Å². The number of carbonyl (C=O) groups excluding carboxylic acids is 1. The summed E-state index contributed by atoms with van der Waals surface area (Å²) in [7, 11) is -4.44. The van der Waals surface area contributed by atoms with E-state index < -0.39 is 40.0 Å². The maximum Gasteiger partial charge on any atom is 0.267 e. The van der Waals surface area contributed by atoms with Crippen LogP contribution in [0.2, 0.25) is 0 Å². The number of nitrogens with one attached hydrogen (secondary N) is 1. The SMILES string of the molecule is CCCCCCCCCCCCCCCCCCC/C=C/C(O)C(CS(=O)(=O)O)NC(=O)C(O)CCCCCCCCCCCCCCCCCC. The number of hydrogen-bond acceptors (Lipinski definition) is 5. The van der Waals surface area contributed by atoms with Crippen LogP contribution < -0.4 is 5.32 Å². The van der Waals surface area contributed by atoms with Crippen LogP contribution in [-0.4, -0.2) is 53.1 Å². The molecule has 3 atom stereocenters. The van der Waals surface area contributed by atoms with Gasteiger partial charge in [-0.05, 0) is 19.3 Å². The smallest absolute Gasteiger partial charge is 0.267 e. The molecule has 3 unspecified atom stereocenters. The van der Waals surface area contributed by atoms with Crippen molar-refractivity contribution in [1.82, 2.24) is 5.32 Å². The standard InChI is InChI=1S/C44H87NO6S/c1-3-5-7-9-11-13-15-17-19-21-22-23-25-26-28-30-32-34-36-38-42(46)41(40-52(49,50)51)45-44(48)43(47)39-37-35-33-31-29-27-24-20-18-16-14-12-10-8-6-4-2/h36,38,41-43,46-47H,3-35,37,39-40H2,1-2H3,(H,45,48)(H,49,50,51)/b38-36+. The highest BCUT2D eigenvalue weighted by Crippen LogP contribution is 2.16.